The maximum absolute atomic E-state index is 13.3. The van der Waals surface area contributed by atoms with Crippen LogP contribution in [0.4, 0.5) is 10.1 Å². The number of carbonyl (C=O) groups is 1. The Morgan fingerprint density at radius 1 is 1.60 bits per heavy atom. The van der Waals surface area contributed by atoms with Crippen LogP contribution in [-0.2, 0) is 0 Å². The van der Waals surface area contributed by atoms with Crippen LogP contribution in [0.5, 0.6) is 0 Å². The van der Waals surface area contributed by atoms with Gasteiger partial charge in [-0.3, -0.25) is 4.79 Å². The van der Waals surface area contributed by atoms with Crippen LogP contribution in [0, 0.1) is 11.7 Å². The molecule has 0 aromatic heterocycles. The van der Waals surface area contributed by atoms with E-state index in [4.69, 9.17) is 5.73 Å². The minimum absolute atomic E-state index is 0.00875. The van der Waals surface area contributed by atoms with E-state index < -0.39 is 5.82 Å². The molecule has 1 fully saturated rings. The maximum atomic E-state index is 13.3. The van der Waals surface area contributed by atoms with Crippen LogP contribution in [0.1, 0.15) is 16.8 Å². The van der Waals surface area contributed by atoms with Gasteiger partial charge < -0.3 is 15.5 Å². The third-order valence-corrected chi connectivity index (χ3v) is 4.34. The van der Waals surface area contributed by atoms with Gasteiger partial charge in [-0.15, -0.1) is 0 Å². The normalized spacial score (nSPS) is 19.3. The average molecular weight is 344 g/mol. The Bertz CT molecular complexity index is 523. The molecule has 1 aliphatic heterocycles. The summed E-state index contributed by atoms with van der Waals surface area (Å²) in [6.07, 6.45) is 1.10. The number of halogens is 2. The number of rotatable bonds is 3. The summed E-state index contributed by atoms with van der Waals surface area (Å²) in [4.78, 5) is 16.3. The molecule has 4 nitrogen and oxygen atoms in total. The number of benzene rings is 1. The van der Waals surface area contributed by atoms with Crippen LogP contribution in [0.2, 0.25) is 0 Å². The molecule has 1 atom stereocenters. The van der Waals surface area contributed by atoms with Gasteiger partial charge in [-0.25, -0.2) is 4.39 Å². The quantitative estimate of drug-likeness (QED) is 0.856. The van der Waals surface area contributed by atoms with Crippen LogP contribution in [-0.4, -0.2) is 49.4 Å². The maximum Gasteiger partial charge on any atom is 0.254 e. The Balaban J connectivity index is 2.08. The van der Waals surface area contributed by atoms with Crippen molar-refractivity contribution in [3.8, 4) is 0 Å². The molecule has 1 unspecified atom stereocenters. The highest BCUT2D eigenvalue weighted by Gasteiger charge is 2.24. The molecule has 110 valence electrons. The van der Waals surface area contributed by atoms with Gasteiger partial charge in [0.05, 0.1) is 11.3 Å². The van der Waals surface area contributed by atoms with Gasteiger partial charge in [-0.2, -0.15) is 0 Å². The minimum Gasteiger partial charge on any atom is -0.396 e. The summed E-state index contributed by atoms with van der Waals surface area (Å²) in [5, 5.41) is 0. The highest BCUT2D eigenvalue weighted by atomic mass is 79.9. The zero-order valence-electron chi connectivity index (χ0n) is 11.7. The fraction of sp³-hybridized carbons (Fsp3) is 0.500. The molecule has 1 aromatic rings. The Hall–Kier alpha value is -1.14. The predicted molar refractivity (Wildman–Crippen MR) is 81.1 cm³/mol. The van der Waals surface area contributed by atoms with E-state index in [1.807, 2.05) is 0 Å². The van der Waals surface area contributed by atoms with Crippen molar-refractivity contribution in [1.82, 2.24) is 9.80 Å². The molecule has 1 heterocycles. The highest BCUT2D eigenvalue weighted by Crippen LogP contribution is 2.24. The summed E-state index contributed by atoms with van der Waals surface area (Å²) in [6, 6.07) is 2.62. The summed E-state index contributed by atoms with van der Waals surface area (Å²) in [7, 11) is 3.85. The van der Waals surface area contributed by atoms with Crippen molar-refractivity contribution in [3.63, 3.8) is 0 Å². The number of carbonyl (C=O) groups excluding carboxylic acids is 1. The number of nitrogens with zero attached hydrogens (tertiary/aromatic N) is 2. The fourth-order valence-electron chi connectivity index (χ4n) is 2.58. The monoisotopic (exact) mass is 343 g/mol. The smallest absolute Gasteiger partial charge is 0.254 e. The van der Waals surface area contributed by atoms with Crippen LogP contribution in [0.3, 0.4) is 0 Å². The minimum atomic E-state index is -0.520. The Labute approximate surface area is 126 Å². The number of nitrogen functional groups attached to an aromatic ring is 1. The molecule has 6 heteroatoms. The Morgan fingerprint density at radius 2 is 2.30 bits per heavy atom. The molecule has 2 N–H and O–H groups in total. The lowest BCUT2D eigenvalue weighted by Gasteiger charge is -2.22. The average Bonchev–Trinajstić information content (AvgIpc) is 2.78. The second-order valence-corrected chi connectivity index (χ2v) is 6.31. The molecule has 0 spiro atoms. The molecule has 1 saturated heterocycles. The summed E-state index contributed by atoms with van der Waals surface area (Å²) in [5.74, 6) is -0.169. The number of hydrogen-bond donors (Lipinski definition) is 1. The Kier molecular flexibility index (Phi) is 4.65. The molecule has 2 rings (SSSR count). The number of hydrogen-bond acceptors (Lipinski definition) is 3. The molecule has 20 heavy (non-hydrogen) atoms. The molecule has 1 aliphatic rings. The second kappa shape index (κ2) is 6.10. The van der Waals surface area contributed by atoms with Gasteiger partial charge in [0.25, 0.3) is 5.91 Å². The summed E-state index contributed by atoms with van der Waals surface area (Å²) in [6.45, 7) is 2.77. The van der Waals surface area contributed by atoms with Crippen LogP contribution < -0.4 is 5.73 Å². The third kappa shape index (κ3) is 3.30. The molecule has 0 aliphatic carbocycles. The molecular formula is C14H19BrFN3O. The lowest BCUT2D eigenvalue weighted by atomic mass is 10.1. The topological polar surface area (TPSA) is 49.6 Å². The molecular weight excluding hydrogens is 325 g/mol. The first kappa shape index (κ1) is 15.3. The molecule has 1 aromatic carbocycles. The summed E-state index contributed by atoms with van der Waals surface area (Å²) < 4.78 is 13.7. The van der Waals surface area contributed by atoms with E-state index in [9.17, 15) is 9.18 Å². The first-order valence-corrected chi connectivity index (χ1v) is 7.36. The summed E-state index contributed by atoms with van der Waals surface area (Å²) >= 11 is 3.22. The van der Waals surface area contributed by atoms with Crippen LogP contribution >= 0.6 is 15.9 Å². The summed E-state index contributed by atoms with van der Waals surface area (Å²) in [5.41, 5.74) is 5.93. The molecule has 1 amide bonds. The SMILES string of the molecule is CN1CCC(CN(C)C(=O)c2cc(N)c(F)cc2Br)C1. The van der Waals surface area contributed by atoms with Crippen molar-refractivity contribution in [3.05, 3.63) is 28.0 Å². The van der Waals surface area contributed by atoms with Crippen molar-refractivity contribution in [1.29, 1.82) is 0 Å². The van der Waals surface area contributed by atoms with Gasteiger partial charge in [0.15, 0.2) is 0 Å². The van der Waals surface area contributed by atoms with E-state index in [-0.39, 0.29) is 11.6 Å². The van der Waals surface area contributed by atoms with E-state index in [0.29, 0.717) is 22.5 Å². The van der Waals surface area contributed by atoms with Gasteiger partial charge in [-0.1, -0.05) is 0 Å². The van der Waals surface area contributed by atoms with Crippen molar-refractivity contribution in [2.24, 2.45) is 5.92 Å². The number of amides is 1. The highest BCUT2D eigenvalue weighted by molar-refractivity contribution is 9.10. The Morgan fingerprint density at radius 3 is 2.90 bits per heavy atom. The number of nitrogens with two attached hydrogens (primary N) is 1. The largest absolute Gasteiger partial charge is 0.396 e. The van der Waals surface area contributed by atoms with Crippen LogP contribution in [0.25, 0.3) is 0 Å². The second-order valence-electron chi connectivity index (χ2n) is 5.46. The van der Waals surface area contributed by atoms with Crippen molar-refractivity contribution in [2.45, 2.75) is 6.42 Å². The first-order chi connectivity index (χ1) is 9.38. The van der Waals surface area contributed by atoms with Crippen molar-refractivity contribution in [2.75, 3.05) is 39.5 Å². The van der Waals surface area contributed by atoms with Gasteiger partial charge in [-0.05, 0) is 54.0 Å². The predicted octanol–water partition coefficient (Wildman–Crippen LogP) is 2.19. The molecule has 0 saturated carbocycles. The van der Waals surface area contributed by atoms with E-state index in [2.05, 4.69) is 27.9 Å². The van der Waals surface area contributed by atoms with E-state index in [1.165, 1.54) is 12.1 Å². The standard InChI is InChI=1S/C14H19BrFN3O/c1-18-4-3-9(7-18)8-19(2)14(20)10-5-13(17)12(16)6-11(10)15/h5-6,9H,3-4,7-8,17H2,1-2H3. The van der Waals surface area contributed by atoms with Crippen LogP contribution in [0.15, 0.2) is 16.6 Å². The van der Waals surface area contributed by atoms with Gasteiger partial charge in [0.1, 0.15) is 5.82 Å². The van der Waals surface area contributed by atoms with Crippen molar-refractivity contribution < 1.29 is 9.18 Å². The zero-order chi connectivity index (χ0) is 14.9. The van der Waals surface area contributed by atoms with Gasteiger partial charge in [0.2, 0.25) is 0 Å². The number of anilines is 1. The van der Waals surface area contributed by atoms with Gasteiger partial charge >= 0.3 is 0 Å². The lowest BCUT2D eigenvalue weighted by Crippen LogP contribution is -2.33. The third-order valence-electron chi connectivity index (χ3n) is 3.68. The number of likely N-dealkylation sites (tertiary alicyclic amines) is 1. The zero-order valence-corrected chi connectivity index (χ0v) is 13.3. The van der Waals surface area contributed by atoms with E-state index in [0.717, 1.165) is 19.5 Å². The first-order valence-electron chi connectivity index (χ1n) is 6.57. The van der Waals surface area contributed by atoms with Gasteiger partial charge in [0, 0.05) is 24.6 Å². The lowest BCUT2D eigenvalue weighted by molar-refractivity contribution is 0.0773. The van der Waals surface area contributed by atoms with Crippen molar-refractivity contribution >= 4 is 27.5 Å². The molecule has 0 radical (unpaired) electrons. The molecule has 0 bridgehead atoms. The fourth-order valence-corrected chi connectivity index (χ4v) is 3.07. The van der Waals surface area contributed by atoms with E-state index >= 15 is 0 Å². The van der Waals surface area contributed by atoms with E-state index in [1.54, 1.807) is 11.9 Å².